The lowest BCUT2D eigenvalue weighted by Gasteiger charge is -2.53. The molecule has 2 unspecified atom stereocenters. The molecule has 0 radical (unpaired) electrons. The maximum atomic E-state index is 6.29. The van der Waals surface area contributed by atoms with Gasteiger partial charge in [0, 0.05) is 49.2 Å². The van der Waals surface area contributed by atoms with Crippen molar-refractivity contribution in [3.05, 3.63) is 90.6 Å². The van der Waals surface area contributed by atoms with Gasteiger partial charge in [0.05, 0.1) is 11.3 Å². The fourth-order valence-electron chi connectivity index (χ4n) is 5.54. The summed E-state index contributed by atoms with van der Waals surface area (Å²) >= 11 is 0. The normalized spacial score (nSPS) is 18.5. The number of rotatable bonds is 5. The Bertz CT molecular complexity index is 1530. The molecule has 7 nitrogen and oxygen atoms in total. The van der Waals surface area contributed by atoms with E-state index in [2.05, 4.69) is 56.2 Å². The Balaban J connectivity index is 0.00000129. The number of nitrogen functional groups attached to an aromatic ring is 1. The Hall–Kier alpha value is -4.07. The molecule has 2 aliphatic heterocycles. The number of anilines is 1. The second-order valence-electron chi connectivity index (χ2n) is 9.65. The summed E-state index contributed by atoms with van der Waals surface area (Å²) in [5, 5.41) is 3.51. The van der Waals surface area contributed by atoms with E-state index in [4.69, 9.17) is 15.7 Å². The van der Waals surface area contributed by atoms with E-state index in [9.17, 15) is 0 Å². The quantitative estimate of drug-likeness (QED) is 0.338. The highest BCUT2D eigenvalue weighted by molar-refractivity contribution is 5.84. The SMILES string of the molecule is CC.Nc1ncccc1-c1nc2ccc(-c3ccccc3)nc2n1-c1ccc(CN2C3CNCC2C3)cc1. The lowest BCUT2D eigenvalue weighted by molar-refractivity contribution is -0.0206. The third kappa shape index (κ3) is 4.34. The van der Waals surface area contributed by atoms with E-state index in [1.54, 1.807) is 6.20 Å². The standard InChI is InChI=1S/C29H27N7.C2H6/c30-27-24(7-4-14-32-27)28-34-26-13-12-25(20-5-2-1-3-6-20)33-29(26)36(28)21-10-8-19(9-11-21)18-35-22-15-23(35)17-31-16-22;1-2/h1-14,22-23,31H,15-18H2,(H2,30,32);1-2H3. The zero-order valence-corrected chi connectivity index (χ0v) is 21.9. The van der Waals surface area contributed by atoms with Crippen LogP contribution < -0.4 is 11.1 Å². The molecule has 2 aliphatic rings. The monoisotopic (exact) mass is 503 g/mol. The number of benzene rings is 2. The smallest absolute Gasteiger partial charge is 0.165 e. The summed E-state index contributed by atoms with van der Waals surface area (Å²) in [5.41, 5.74) is 13.0. The zero-order chi connectivity index (χ0) is 26.1. The minimum atomic E-state index is 0.451. The van der Waals surface area contributed by atoms with Crippen molar-refractivity contribution in [3.8, 4) is 28.3 Å². The average molecular weight is 504 g/mol. The van der Waals surface area contributed by atoms with Crippen molar-refractivity contribution in [2.75, 3.05) is 18.8 Å². The van der Waals surface area contributed by atoms with Gasteiger partial charge in [0.2, 0.25) is 0 Å². The summed E-state index contributed by atoms with van der Waals surface area (Å²) in [5.74, 6) is 1.19. The second kappa shape index (κ2) is 10.4. The van der Waals surface area contributed by atoms with Crippen LogP contribution in [0.15, 0.2) is 85.1 Å². The Morgan fingerprint density at radius 3 is 2.34 bits per heavy atom. The summed E-state index contributed by atoms with van der Waals surface area (Å²) in [6, 6.07) is 28.2. The van der Waals surface area contributed by atoms with Gasteiger partial charge in [-0.3, -0.25) is 9.47 Å². The van der Waals surface area contributed by atoms with E-state index < -0.39 is 0 Å². The number of nitrogens with zero attached hydrogens (tertiary/aromatic N) is 5. The van der Waals surface area contributed by atoms with E-state index in [1.807, 2.05) is 56.3 Å². The Labute approximate surface area is 223 Å². The van der Waals surface area contributed by atoms with Gasteiger partial charge < -0.3 is 11.1 Å². The van der Waals surface area contributed by atoms with Crippen LogP contribution in [0.25, 0.3) is 39.5 Å². The van der Waals surface area contributed by atoms with Crippen LogP contribution in [0.1, 0.15) is 25.8 Å². The number of imidazole rings is 1. The van der Waals surface area contributed by atoms with Gasteiger partial charge in [-0.1, -0.05) is 56.3 Å². The van der Waals surface area contributed by atoms with Crippen LogP contribution in [0.4, 0.5) is 5.82 Å². The predicted molar refractivity (Wildman–Crippen MR) is 154 cm³/mol. The molecule has 7 heteroatoms. The van der Waals surface area contributed by atoms with Crippen LogP contribution in [-0.4, -0.2) is 49.6 Å². The highest BCUT2D eigenvalue weighted by Crippen LogP contribution is 2.33. The molecular weight excluding hydrogens is 470 g/mol. The molecule has 2 bridgehead atoms. The first-order valence-electron chi connectivity index (χ1n) is 13.5. The number of hydrogen-bond acceptors (Lipinski definition) is 6. The predicted octanol–water partition coefficient (Wildman–Crippen LogP) is 5.30. The first kappa shape index (κ1) is 24.3. The number of pyridine rings is 2. The lowest BCUT2D eigenvalue weighted by Crippen LogP contribution is -2.67. The molecule has 5 aromatic rings. The molecule has 38 heavy (non-hydrogen) atoms. The minimum Gasteiger partial charge on any atom is -0.383 e. The number of aromatic nitrogens is 4. The molecule has 2 fully saturated rings. The maximum Gasteiger partial charge on any atom is 0.165 e. The third-order valence-electron chi connectivity index (χ3n) is 7.46. The molecule has 2 saturated heterocycles. The average Bonchev–Trinajstić information content (AvgIpc) is 3.37. The summed E-state index contributed by atoms with van der Waals surface area (Å²) in [6.07, 6.45) is 3.02. The van der Waals surface area contributed by atoms with Crippen molar-refractivity contribution in [2.24, 2.45) is 0 Å². The minimum absolute atomic E-state index is 0.451. The van der Waals surface area contributed by atoms with Gasteiger partial charge in [-0.2, -0.15) is 0 Å². The van der Waals surface area contributed by atoms with Crippen LogP contribution in [-0.2, 0) is 6.54 Å². The molecule has 7 rings (SSSR count). The molecule has 0 spiro atoms. The fourth-order valence-corrected chi connectivity index (χ4v) is 5.54. The fraction of sp³-hybridized carbons (Fsp3) is 0.258. The number of piperazine rings is 1. The molecule has 2 atom stereocenters. The van der Waals surface area contributed by atoms with Crippen molar-refractivity contribution < 1.29 is 0 Å². The van der Waals surface area contributed by atoms with E-state index >= 15 is 0 Å². The van der Waals surface area contributed by atoms with Crippen LogP contribution in [0.2, 0.25) is 0 Å². The van der Waals surface area contributed by atoms with Crippen molar-refractivity contribution in [1.29, 1.82) is 0 Å². The Morgan fingerprint density at radius 1 is 0.868 bits per heavy atom. The first-order chi connectivity index (χ1) is 18.7. The van der Waals surface area contributed by atoms with Gasteiger partial charge in [0.25, 0.3) is 0 Å². The zero-order valence-electron chi connectivity index (χ0n) is 21.9. The van der Waals surface area contributed by atoms with E-state index in [0.29, 0.717) is 17.9 Å². The Morgan fingerprint density at radius 2 is 1.63 bits per heavy atom. The summed E-state index contributed by atoms with van der Waals surface area (Å²) < 4.78 is 2.10. The van der Waals surface area contributed by atoms with Gasteiger partial charge in [-0.25, -0.2) is 15.0 Å². The second-order valence-corrected chi connectivity index (χ2v) is 9.65. The highest BCUT2D eigenvalue weighted by Gasteiger charge is 2.40. The van der Waals surface area contributed by atoms with Gasteiger partial charge >= 0.3 is 0 Å². The number of piperidine rings is 1. The van der Waals surface area contributed by atoms with Crippen LogP contribution >= 0.6 is 0 Å². The molecule has 2 aromatic carbocycles. The molecule has 0 amide bonds. The summed E-state index contributed by atoms with van der Waals surface area (Å²) in [4.78, 5) is 16.9. The van der Waals surface area contributed by atoms with Crippen molar-refractivity contribution in [3.63, 3.8) is 0 Å². The summed E-state index contributed by atoms with van der Waals surface area (Å²) in [7, 11) is 0. The topological polar surface area (TPSA) is 84.9 Å². The number of nitrogens with one attached hydrogen (secondary N) is 1. The van der Waals surface area contributed by atoms with Crippen molar-refractivity contribution >= 4 is 17.0 Å². The van der Waals surface area contributed by atoms with E-state index in [1.165, 1.54) is 12.0 Å². The highest BCUT2D eigenvalue weighted by atomic mass is 15.3. The molecule has 192 valence electrons. The van der Waals surface area contributed by atoms with Crippen molar-refractivity contribution in [2.45, 2.75) is 38.9 Å². The van der Waals surface area contributed by atoms with E-state index in [0.717, 1.165) is 59.1 Å². The summed E-state index contributed by atoms with van der Waals surface area (Å²) in [6.45, 7) is 7.18. The largest absolute Gasteiger partial charge is 0.383 e. The van der Waals surface area contributed by atoms with Gasteiger partial charge in [0.15, 0.2) is 11.5 Å². The first-order valence-corrected chi connectivity index (χ1v) is 13.5. The molecule has 0 aliphatic carbocycles. The van der Waals surface area contributed by atoms with Gasteiger partial charge in [-0.15, -0.1) is 0 Å². The Kier molecular flexibility index (Phi) is 6.62. The molecule has 0 saturated carbocycles. The molecule has 3 N–H and O–H groups in total. The van der Waals surface area contributed by atoms with Crippen LogP contribution in [0.3, 0.4) is 0 Å². The number of nitrogens with two attached hydrogens (primary N) is 1. The van der Waals surface area contributed by atoms with E-state index in [-0.39, 0.29) is 0 Å². The number of fused-ring (bicyclic) bond motifs is 3. The van der Waals surface area contributed by atoms with Crippen LogP contribution in [0.5, 0.6) is 0 Å². The molecule has 3 aromatic heterocycles. The van der Waals surface area contributed by atoms with Crippen molar-refractivity contribution in [1.82, 2.24) is 29.7 Å². The molecule has 5 heterocycles. The lowest BCUT2D eigenvalue weighted by atomic mass is 9.88. The van der Waals surface area contributed by atoms with Gasteiger partial charge in [0.1, 0.15) is 11.3 Å². The third-order valence-corrected chi connectivity index (χ3v) is 7.46. The molecular formula is C31H33N7. The maximum absolute atomic E-state index is 6.29. The van der Waals surface area contributed by atoms with Crippen LogP contribution in [0, 0.1) is 0 Å². The van der Waals surface area contributed by atoms with Gasteiger partial charge in [-0.05, 0) is 48.4 Å². The number of hydrogen-bond donors (Lipinski definition) is 2.